The van der Waals surface area contributed by atoms with Crippen LogP contribution in [-0.4, -0.2) is 64.4 Å². The maximum absolute atomic E-state index is 5.78. The molecule has 1 aromatic rings. The van der Waals surface area contributed by atoms with Gasteiger partial charge in [0.1, 0.15) is 5.75 Å². The third-order valence-corrected chi connectivity index (χ3v) is 3.91. The fraction of sp³-hybridized carbons (Fsp3) is 0.682. The van der Waals surface area contributed by atoms with Gasteiger partial charge in [-0.05, 0) is 57.5 Å². The van der Waals surface area contributed by atoms with E-state index in [0.717, 1.165) is 69.6 Å². The van der Waals surface area contributed by atoms with E-state index in [4.69, 9.17) is 9.47 Å². The van der Waals surface area contributed by atoms with Gasteiger partial charge in [0.15, 0.2) is 5.96 Å². The van der Waals surface area contributed by atoms with Gasteiger partial charge in [-0.15, -0.1) is 0 Å². The Bertz CT molecular complexity index is 530. The van der Waals surface area contributed by atoms with Crippen LogP contribution in [0, 0.1) is 5.92 Å². The molecule has 6 nitrogen and oxygen atoms in total. The van der Waals surface area contributed by atoms with Crippen molar-refractivity contribution in [3.8, 4) is 5.75 Å². The van der Waals surface area contributed by atoms with Crippen molar-refractivity contribution in [1.29, 1.82) is 0 Å². The number of ether oxygens (including phenoxy) is 2. The summed E-state index contributed by atoms with van der Waals surface area (Å²) in [5.74, 6) is 2.34. The minimum absolute atomic E-state index is 0.585. The molecule has 6 heteroatoms. The van der Waals surface area contributed by atoms with Gasteiger partial charge >= 0.3 is 0 Å². The molecular formula is C22H40N4O2. The van der Waals surface area contributed by atoms with E-state index < -0.39 is 0 Å². The number of benzene rings is 1. The first kappa shape index (κ1) is 24.2. The van der Waals surface area contributed by atoms with E-state index in [0.29, 0.717) is 12.5 Å². The highest BCUT2D eigenvalue weighted by molar-refractivity contribution is 5.79. The Morgan fingerprint density at radius 1 is 1.07 bits per heavy atom. The molecule has 0 unspecified atom stereocenters. The van der Waals surface area contributed by atoms with Crippen molar-refractivity contribution >= 4 is 5.96 Å². The fourth-order valence-corrected chi connectivity index (χ4v) is 2.47. The molecule has 0 saturated heterocycles. The van der Waals surface area contributed by atoms with Gasteiger partial charge in [0, 0.05) is 32.8 Å². The zero-order valence-corrected chi connectivity index (χ0v) is 18.5. The lowest BCUT2D eigenvalue weighted by Crippen LogP contribution is -2.38. The molecule has 0 aliphatic rings. The topological polar surface area (TPSA) is 58.1 Å². The molecule has 0 fully saturated rings. The number of rotatable bonds is 14. The van der Waals surface area contributed by atoms with E-state index in [9.17, 15) is 0 Å². The Morgan fingerprint density at radius 3 is 2.46 bits per heavy atom. The molecule has 0 radical (unpaired) electrons. The predicted octanol–water partition coefficient (Wildman–Crippen LogP) is 3.13. The molecule has 0 bridgehead atoms. The van der Waals surface area contributed by atoms with Gasteiger partial charge in [-0.25, -0.2) is 4.99 Å². The molecule has 1 aromatic carbocycles. The number of hydrogen-bond acceptors (Lipinski definition) is 4. The molecule has 0 saturated carbocycles. The highest BCUT2D eigenvalue weighted by Gasteiger charge is 2.00. The Labute approximate surface area is 171 Å². The molecular weight excluding hydrogens is 352 g/mol. The first-order chi connectivity index (χ1) is 13.5. The second-order valence-corrected chi connectivity index (χ2v) is 7.59. The summed E-state index contributed by atoms with van der Waals surface area (Å²) >= 11 is 0. The average molecular weight is 393 g/mol. The summed E-state index contributed by atoms with van der Waals surface area (Å²) < 4.78 is 11.4. The van der Waals surface area contributed by atoms with Crippen LogP contribution in [0.15, 0.2) is 29.3 Å². The van der Waals surface area contributed by atoms with Crippen LogP contribution >= 0.6 is 0 Å². The van der Waals surface area contributed by atoms with Crippen LogP contribution in [-0.2, 0) is 11.3 Å². The number of nitrogens with one attached hydrogen (secondary N) is 2. The van der Waals surface area contributed by atoms with Crippen LogP contribution in [0.2, 0.25) is 0 Å². The molecule has 28 heavy (non-hydrogen) atoms. The van der Waals surface area contributed by atoms with Crippen molar-refractivity contribution in [3.63, 3.8) is 0 Å². The van der Waals surface area contributed by atoms with Crippen LogP contribution < -0.4 is 15.4 Å². The second kappa shape index (κ2) is 15.2. The fourth-order valence-electron chi connectivity index (χ4n) is 2.47. The summed E-state index contributed by atoms with van der Waals surface area (Å²) in [7, 11) is 4.15. The maximum atomic E-state index is 5.78. The molecule has 2 N–H and O–H groups in total. The largest absolute Gasteiger partial charge is 0.494 e. The Morgan fingerprint density at radius 2 is 1.82 bits per heavy atom. The predicted molar refractivity (Wildman–Crippen MR) is 118 cm³/mol. The summed E-state index contributed by atoms with van der Waals surface area (Å²) in [5, 5.41) is 6.65. The summed E-state index contributed by atoms with van der Waals surface area (Å²) in [6.07, 6.45) is 2.00. The number of hydrogen-bond donors (Lipinski definition) is 2. The zero-order chi connectivity index (χ0) is 20.6. The van der Waals surface area contributed by atoms with Crippen molar-refractivity contribution in [2.45, 2.75) is 40.2 Å². The summed E-state index contributed by atoms with van der Waals surface area (Å²) in [6, 6.07) is 8.20. The quantitative estimate of drug-likeness (QED) is 0.289. The molecule has 1 rings (SSSR count). The monoisotopic (exact) mass is 392 g/mol. The number of aliphatic imine (C=N–C) groups is 1. The minimum Gasteiger partial charge on any atom is -0.494 e. The zero-order valence-electron chi connectivity index (χ0n) is 18.5. The standard InChI is InChI=1S/C22H40N4O2/c1-6-23-22(24-13-7-15-27-18-19(2)3)25-17-20-9-11-21(12-10-20)28-16-8-14-26(4)5/h9-12,19H,6-8,13-18H2,1-5H3,(H2,23,24,25). The van der Waals surface area contributed by atoms with Gasteiger partial charge in [-0.1, -0.05) is 26.0 Å². The Hall–Kier alpha value is -1.79. The molecule has 160 valence electrons. The number of guanidine groups is 1. The molecule has 0 spiro atoms. The van der Waals surface area contributed by atoms with Crippen LogP contribution in [0.4, 0.5) is 0 Å². The summed E-state index contributed by atoms with van der Waals surface area (Å²) in [4.78, 5) is 6.83. The van der Waals surface area contributed by atoms with Crippen molar-refractivity contribution in [1.82, 2.24) is 15.5 Å². The Balaban J connectivity index is 2.34. The average Bonchev–Trinajstić information content (AvgIpc) is 2.66. The smallest absolute Gasteiger partial charge is 0.191 e. The summed E-state index contributed by atoms with van der Waals surface area (Å²) in [5.41, 5.74) is 1.16. The van der Waals surface area contributed by atoms with E-state index in [-0.39, 0.29) is 0 Å². The molecule has 0 aliphatic heterocycles. The first-order valence-electron chi connectivity index (χ1n) is 10.5. The lowest BCUT2D eigenvalue weighted by atomic mass is 10.2. The molecule has 0 aliphatic carbocycles. The van der Waals surface area contributed by atoms with Crippen molar-refractivity contribution < 1.29 is 9.47 Å². The van der Waals surface area contributed by atoms with E-state index in [2.05, 4.69) is 67.5 Å². The highest BCUT2D eigenvalue weighted by Crippen LogP contribution is 2.13. The lowest BCUT2D eigenvalue weighted by Gasteiger charge is -2.12. The van der Waals surface area contributed by atoms with Gasteiger partial charge in [0.05, 0.1) is 13.2 Å². The van der Waals surface area contributed by atoms with E-state index in [1.807, 2.05) is 12.1 Å². The highest BCUT2D eigenvalue weighted by atomic mass is 16.5. The number of nitrogens with zero attached hydrogens (tertiary/aromatic N) is 2. The van der Waals surface area contributed by atoms with Gasteiger partial charge in [-0.2, -0.15) is 0 Å². The second-order valence-electron chi connectivity index (χ2n) is 7.59. The van der Waals surface area contributed by atoms with Crippen LogP contribution in [0.1, 0.15) is 39.2 Å². The SMILES string of the molecule is CCNC(=NCc1ccc(OCCCN(C)C)cc1)NCCCOCC(C)C. The van der Waals surface area contributed by atoms with E-state index >= 15 is 0 Å². The van der Waals surface area contributed by atoms with Crippen molar-refractivity contribution in [2.75, 3.05) is 53.6 Å². The third-order valence-electron chi connectivity index (χ3n) is 3.91. The van der Waals surface area contributed by atoms with E-state index in [1.54, 1.807) is 0 Å². The van der Waals surface area contributed by atoms with Crippen LogP contribution in [0.25, 0.3) is 0 Å². The Kier molecular flexibility index (Phi) is 13.1. The normalized spacial score (nSPS) is 11.9. The minimum atomic E-state index is 0.585. The molecule has 0 aromatic heterocycles. The van der Waals surface area contributed by atoms with Gasteiger partial charge < -0.3 is 25.0 Å². The van der Waals surface area contributed by atoms with Crippen LogP contribution in [0.5, 0.6) is 5.75 Å². The van der Waals surface area contributed by atoms with Gasteiger partial charge in [0.2, 0.25) is 0 Å². The van der Waals surface area contributed by atoms with E-state index in [1.165, 1.54) is 0 Å². The third kappa shape index (κ3) is 12.6. The first-order valence-corrected chi connectivity index (χ1v) is 10.5. The lowest BCUT2D eigenvalue weighted by molar-refractivity contribution is 0.108. The van der Waals surface area contributed by atoms with Gasteiger partial charge in [0.25, 0.3) is 0 Å². The summed E-state index contributed by atoms with van der Waals surface area (Å²) in [6.45, 7) is 12.1. The maximum Gasteiger partial charge on any atom is 0.191 e. The molecule has 0 atom stereocenters. The molecule has 0 amide bonds. The van der Waals surface area contributed by atoms with Crippen molar-refractivity contribution in [2.24, 2.45) is 10.9 Å². The van der Waals surface area contributed by atoms with Crippen molar-refractivity contribution in [3.05, 3.63) is 29.8 Å². The van der Waals surface area contributed by atoms with Crippen LogP contribution in [0.3, 0.4) is 0 Å². The van der Waals surface area contributed by atoms with Gasteiger partial charge in [-0.3, -0.25) is 0 Å². The molecule has 0 heterocycles.